The van der Waals surface area contributed by atoms with Crippen molar-refractivity contribution in [3.8, 4) is 0 Å². The van der Waals surface area contributed by atoms with Gasteiger partial charge in [0.25, 0.3) is 0 Å². The van der Waals surface area contributed by atoms with Crippen LogP contribution in [0, 0.1) is 5.82 Å². The molecule has 1 saturated heterocycles. The molecule has 114 valence electrons. The zero-order chi connectivity index (χ0) is 13.9. The molecule has 0 spiro atoms. The van der Waals surface area contributed by atoms with Crippen LogP contribution in [0.5, 0.6) is 0 Å². The van der Waals surface area contributed by atoms with Crippen LogP contribution in [0.15, 0.2) is 39.5 Å². The van der Waals surface area contributed by atoms with Gasteiger partial charge in [0.2, 0.25) is 0 Å². The van der Waals surface area contributed by atoms with Crippen molar-refractivity contribution in [2.24, 2.45) is 0 Å². The van der Waals surface area contributed by atoms with Gasteiger partial charge >= 0.3 is 0 Å². The predicted molar refractivity (Wildman–Crippen MR) is 92.0 cm³/mol. The molecule has 2 heterocycles. The number of nitrogens with zero attached hydrogens (tertiary/aromatic N) is 1. The fraction of sp³-hybridized carbons (Fsp3) is 0.333. The lowest BCUT2D eigenvalue weighted by Crippen LogP contribution is -2.45. The number of hydrogen-bond donors (Lipinski definition) is 1. The molecule has 21 heavy (non-hydrogen) atoms. The molecule has 2 aromatic rings. The SMILES string of the molecule is Cl.Fc1cc(Br)ccc1[C@H](c1ccsc1)N1CCNCC1. The minimum Gasteiger partial charge on any atom is -0.314 e. The molecule has 0 unspecified atom stereocenters. The summed E-state index contributed by atoms with van der Waals surface area (Å²) in [6.45, 7) is 3.80. The van der Waals surface area contributed by atoms with Crippen LogP contribution in [0.3, 0.4) is 0 Å². The van der Waals surface area contributed by atoms with Crippen molar-refractivity contribution >= 4 is 39.7 Å². The number of rotatable bonds is 3. The Bertz CT molecular complexity index is 573. The number of hydrogen-bond acceptors (Lipinski definition) is 3. The van der Waals surface area contributed by atoms with Crippen molar-refractivity contribution in [3.05, 3.63) is 56.4 Å². The fourth-order valence-electron chi connectivity index (χ4n) is 2.68. The van der Waals surface area contributed by atoms with Crippen molar-refractivity contribution in [2.45, 2.75) is 6.04 Å². The fourth-order valence-corrected chi connectivity index (χ4v) is 3.69. The summed E-state index contributed by atoms with van der Waals surface area (Å²) in [5.74, 6) is -0.144. The second-order valence-electron chi connectivity index (χ2n) is 4.91. The van der Waals surface area contributed by atoms with Crippen LogP contribution in [0.4, 0.5) is 4.39 Å². The van der Waals surface area contributed by atoms with E-state index in [1.807, 2.05) is 12.1 Å². The first-order valence-corrected chi connectivity index (χ1v) is 8.41. The monoisotopic (exact) mass is 390 g/mol. The molecule has 3 rings (SSSR count). The van der Waals surface area contributed by atoms with Crippen LogP contribution in [0.2, 0.25) is 0 Å². The molecule has 6 heteroatoms. The molecular formula is C15H17BrClFN2S. The number of halogens is 3. The van der Waals surface area contributed by atoms with Gasteiger partial charge in [-0.2, -0.15) is 11.3 Å². The Labute approximate surface area is 142 Å². The van der Waals surface area contributed by atoms with Gasteiger partial charge in [0.1, 0.15) is 5.82 Å². The summed E-state index contributed by atoms with van der Waals surface area (Å²) in [4.78, 5) is 2.35. The summed E-state index contributed by atoms with van der Waals surface area (Å²) in [6, 6.07) is 7.47. The van der Waals surface area contributed by atoms with E-state index in [0.29, 0.717) is 0 Å². The van der Waals surface area contributed by atoms with Crippen LogP contribution in [-0.2, 0) is 0 Å². The average molecular weight is 392 g/mol. The lowest BCUT2D eigenvalue weighted by atomic mass is 9.98. The van der Waals surface area contributed by atoms with Crippen LogP contribution >= 0.6 is 39.7 Å². The Morgan fingerprint density at radius 1 is 1.24 bits per heavy atom. The molecule has 0 bridgehead atoms. The van der Waals surface area contributed by atoms with Crippen LogP contribution in [0.1, 0.15) is 17.2 Å². The van der Waals surface area contributed by atoms with Gasteiger partial charge in [-0.3, -0.25) is 4.90 Å². The van der Waals surface area contributed by atoms with Crippen molar-refractivity contribution < 1.29 is 4.39 Å². The molecular weight excluding hydrogens is 375 g/mol. The molecule has 0 aliphatic carbocycles. The normalized spacial score (nSPS) is 17.2. The third-order valence-electron chi connectivity index (χ3n) is 3.63. The zero-order valence-corrected chi connectivity index (χ0v) is 14.6. The maximum Gasteiger partial charge on any atom is 0.129 e. The first-order chi connectivity index (χ1) is 9.75. The number of piperazine rings is 1. The number of nitrogens with one attached hydrogen (secondary N) is 1. The second-order valence-corrected chi connectivity index (χ2v) is 6.61. The van der Waals surface area contributed by atoms with E-state index in [1.54, 1.807) is 17.4 Å². The average Bonchev–Trinajstić information content (AvgIpc) is 2.97. The topological polar surface area (TPSA) is 15.3 Å². The van der Waals surface area contributed by atoms with E-state index < -0.39 is 0 Å². The highest BCUT2D eigenvalue weighted by molar-refractivity contribution is 9.10. The van der Waals surface area contributed by atoms with Gasteiger partial charge in [-0.1, -0.05) is 22.0 Å². The third kappa shape index (κ3) is 3.85. The van der Waals surface area contributed by atoms with Crippen molar-refractivity contribution in [2.75, 3.05) is 26.2 Å². The summed E-state index contributed by atoms with van der Waals surface area (Å²) in [5.41, 5.74) is 1.94. The molecule has 1 aromatic heterocycles. The molecule has 0 saturated carbocycles. The van der Waals surface area contributed by atoms with Crippen molar-refractivity contribution in [1.29, 1.82) is 0 Å². The van der Waals surface area contributed by atoms with Gasteiger partial charge in [-0.25, -0.2) is 4.39 Å². The van der Waals surface area contributed by atoms with Gasteiger partial charge in [0.05, 0.1) is 6.04 Å². The second kappa shape index (κ2) is 7.70. The predicted octanol–water partition coefficient (Wildman–Crippen LogP) is 4.07. The molecule has 0 radical (unpaired) electrons. The highest BCUT2D eigenvalue weighted by Crippen LogP contribution is 2.33. The van der Waals surface area contributed by atoms with E-state index in [0.717, 1.165) is 36.2 Å². The largest absolute Gasteiger partial charge is 0.314 e. The maximum atomic E-state index is 14.4. The first kappa shape index (κ1) is 16.9. The summed E-state index contributed by atoms with van der Waals surface area (Å²) in [7, 11) is 0. The quantitative estimate of drug-likeness (QED) is 0.848. The van der Waals surface area contributed by atoms with Crippen molar-refractivity contribution in [1.82, 2.24) is 10.2 Å². The van der Waals surface area contributed by atoms with Gasteiger partial charge in [-0.05, 0) is 34.5 Å². The van der Waals surface area contributed by atoms with Gasteiger partial charge in [0, 0.05) is 36.2 Å². The summed E-state index contributed by atoms with van der Waals surface area (Å²) in [6.07, 6.45) is 0. The van der Waals surface area contributed by atoms with Crippen LogP contribution < -0.4 is 5.32 Å². The molecule has 2 nitrogen and oxygen atoms in total. The smallest absolute Gasteiger partial charge is 0.129 e. The first-order valence-electron chi connectivity index (χ1n) is 6.67. The Kier molecular flexibility index (Phi) is 6.20. The molecule has 0 amide bonds. The van der Waals surface area contributed by atoms with Gasteiger partial charge in [0.15, 0.2) is 0 Å². The lowest BCUT2D eigenvalue weighted by Gasteiger charge is -2.35. The third-order valence-corrected chi connectivity index (χ3v) is 4.83. The molecule has 1 N–H and O–H groups in total. The zero-order valence-electron chi connectivity index (χ0n) is 11.4. The van der Waals surface area contributed by atoms with E-state index in [9.17, 15) is 4.39 Å². The highest BCUT2D eigenvalue weighted by atomic mass is 79.9. The summed E-state index contributed by atoms with van der Waals surface area (Å²) < 4.78 is 15.2. The maximum absolute atomic E-state index is 14.4. The lowest BCUT2D eigenvalue weighted by molar-refractivity contribution is 0.195. The van der Waals surface area contributed by atoms with E-state index in [2.05, 4.69) is 43.0 Å². The Balaban J connectivity index is 0.00000161. The Morgan fingerprint density at radius 3 is 2.62 bits per heavy atom. The standard InChI is InChI=1S/C15H16BrFN2S.ClH/c16-12-1-2-13(14(17)9-12)15(11-3-8-20-10-11)19-6-4-18-5-7-19;/h1-3,8-10,15,18H,4-7H2;1H/t15-;/m0./s1. The molecule has 1 atom stereocenters. The molecule has 1 aliphatic rings. The van der Waals surface area contributed by atoms with E-state index in [1.165, 1.54) is 5.56 Å². The Morgan fingerprint density at radius 2 is 2.00 bits per heavy atom. The Hall–Kier alpha value is -0.460. The van der Waals surface area contributed by atoms with E-state index >= 15 is 0 Å². The minimum absolute atomic E-state index is 0. The van der Waals surface area contributed by atoms with Crippen LogP contribution in [0.25, 0.3) is 0 Å². The number of thiophene rings is 1. The van der Waals surface area contributed by atoms with Gasteiger partial charge in [-0.15, -0.1) is 12.4 Å². The van der Waals surface area contributed by atoms with E-state index in [4.69, 9.17) is 0 Å². The highest BCUT2D eigenvalue weighted by Gasteiger charge is 2.26. The summed E-state index contributed by atoms with van der Waals surface area (Å²) >= 11 is 4.99. The molecule has 1 fully saturated rings. The minimum atomic E-state index is -0.144. The van der Waals surface area contributed by atoms with Crippen LogP contribution in [-0.4, -0.2) is 31.1 Å². The van der Waals surface area contributed by atoms with Crippen molar-refractivity contribution in [3.63, 3.8) is 0 Å². The van der Waals surface area contributed by atoms with E-state index in [-0.39, 0.29) is 24.3 Å². The summed E-state index contributed by atoms with van der Waals surface area (Å²) in [5, 5.41) is 7.53. The van der Waals surface area contributed by atoms with Gasteiger partial charge < -0.3 is 5.32 Å². The molecule has 1 aliphatic heterocycles. The molecule has 1 aromatic carbocycles. The number of benzene rings is 1.